The summed E-state index contributed by atoms with van der Waals surface area (Å²) in [6, 6.07) is 16.2. The first-order chi connectivity index (χ1) is 11.6. The number of hydrogen-bond acceptors (Lipinski definition) is 3. The van der Waals surface area contributed by atoms with Gasteiger partial charge in [0.05, 0.1) is 5.69 Å². The Morgan fingerprint density at radius 2 is 2.00 bits per heavy atom. The van der Waals surface area contributed by atoms with Crippen LogP contribution in [0.15, 0.2) is 48.5 Å². The van der Waals surface area contributed by atoms with E-state index in [2.05, 4.69) is 30.0 Å². The van der Waals surface area contributed by atoms with Crippen LogP contribution in [0, 0.1) is 6.92 Å². The summed E-state index contributed by atoms with van der Waals surface area (Å²) in [5.41, 5.74) is 4.18. The maximum atomic E-state index is 12.6. The van der Waals surface area contributed by atoms with Gasteiger partial charge in [0.15, 0.2) is 6.23 Å². The number of likely N-dealkylation sites (tertiary alicyclic amines) is 1. The Kier molecular flexibility index (Phi) is 4.86. The summed E-state index contributed by atoms with van der Waals surface area (Å²) in [7, 11) is 3.76. The number of benzene rings is 2. The summed E-state index contributed by atoms with van der Waals surface area (Å²) >= 11 is 0. The molecule has 0 aliphatic carbocycles. The summed E-state index contributed by atoms with van der Waals surface area (Å²) in [5, 5.41) is 0. The molecule has 0 spiro atoms. The van der Waals surface area contributed by atoms with Gasteiger partial charge < -0.3 is 4.74 Å². The number of rotatable bonds is 3. The van der Waals surface area contributed by atoms with Crippen molar-refractivity contribution in [1.82, 2.24) is 4.90 Å². The van der Waals surface area contributed by atoms with Crippen LogP contribution in [0.25, 0.3) is 11.1 Å². The summed E-state index contributed by atoms with van der Waals surface area (Å²) in [6.07, 6.45) is 1.54. The fraction of sp³-hybridized carbons (Fsp3) is 0.350. The van der Waals surface area contributed by atoms with E-state index in [-0.39, 0.29) is 12.3 Å². The number of para-hydroxylation sites is 1. The van der Waals surface area contributed by atoms with Gasteiger partial charge in [-0.1, -0.05) is 48.0 Å². The molecule has 2 aromatic carbocycles. The molecule has 1 aliphatic heterocycles. The van der Waals surface area contributed by atoms with Crippen molar-refractivity contribution >= 4 is 11.8 Å². The minimum atomic E-state index is -0.311. The summed E-state index contributed by atoms with van der Waals surface area (Å²) < 4.78 is 5.67. The zero-order valence-corrected chi connectivity index (χ0v) is 14.5. The molecule has 1 heterocycles. The summed E-state index contributed by atoms with van der Waals surface area (Å²) in [4.78, 5) is 16.3. The van der Waals surface area contributed by atoms with Gasteiger partial charge >= 0.3 is 6.09 Å². The third kappa shape index (κ3) is 3.44. The van der Waals surface area contributed by atoms with Crippen LogP contribution < -0.4 is 4.90 Å². The zero-order chi connectivity index (χ0) is 17.1. The van der Waals surface area contributed by atoms with E-state index in [1.165, 1.54) is 5.56 Å². The second-order valence-electron chi connectivity index (χ2n) is 6.41. The normalized spacial score (nSPS) is 17.7. The molecule has 4 heteroatoms. The molecular weight excluding hydrogens is 300 g/mol. The van der Waals surface area contributed by atoms with Crippen LogP contribution >= 0.6 is 0 Å². The van der Waals surface area contributed by atoms with Gasteiger partial charge in [-0.05, 0) is 38.4 Å². The lowest BCUT2D eigenvalue weighted by atomic mass is 10.0. The third-order valence-corrected chi connectivity index (χ3v) is 4.56. The molecule has 1 saturated heterocycles. The van der Waals surface area contributed by atoms with Crippen LogP contribution in [0.5, 0.6) is 0 Å². The number of aryl methyl sites for hydroxylation is 1. The van der Waals surface area contributed by atoms with E-state index in [0.717, 1.165) is 36.2 Å². The standard InChI is InChI=1S/C20H24N2O2/c1-15-8-6-9-16(14-15)17-10-4-5-11-18(17)22(3)20(23)24-19-12-7-13-21(19)2/h4-6,8-11,14,19H,7,12-13H2,1-3H3/t19-/m0/s1. The second-order valence-corrected chi connectivity index (χ2v) is 6.41. The van der Waals surface area contributed by atoms with Crippen LogP contribution in [-0.4, -0.2) is 37.9 Å². The predicted molar refractivity (Wildman–Crippen MR) is 97.2 cm³/mol. The first-order valence-corrected chi connectivity index (χ1v) is 8.37. The molecule has 0 N–H and O–H groups in total. The van der Waals surface area contributed by atoms with Crippen molar-refractivity contribution in [1.29, 1.82) is 0 Å². The van der Waals surface area contributed by atoms with Gasteiger partial charge in [0.2, 0.25) is 0 Å². The topological polar surface area (TPSA) is 32.8 Å². The van der Waals surface area contributed by atoms with Gasteiger partial charge in [0.25, 0.3) is 0 Å². The quantitative estimate of drug-likeness (QED) is 0.844. The van der Waals surface area contributed by atoms with Gasteiger partial charge in [0, 0.05) is 19.2 Å². The van der Waals surface area contributed by atoms with Gasteiger partial charge in [-0.25, -0.2) is 4.79 Å². The average Bonchev–Trinajstić information content (AvgIpc) is 2.99. The SMILES string of the molecule is Cc1cccc(-c2ccccc2N(C)C(=O)O[C@H]2CCCN2C)c1. The lowest BCUT2D eigenvalue weighted by molar-refractivity contribution is 0.0315. The summed E-state index contributed by atoms with van der Waals surface area (Å²) in [5.74, 6) is 0. The first kappa shape index (κ1) is 16.5. The van der Waals surface area contributed by atoms with Gasteiger partial charge in [-0.2, -0.15) is 0 Å². The van der Waals surface area contributed by atoms with Crippen LogP contribution in [0.1, 0.15) is 18.4 Å². The van der Waals surface area contributed by atoms with Crippen molar-refractivity contribution in [3.8, 4) is 11.1 Å². The van der Waals surface area contributed by atoms with E-state index < -0.39 is 0 Å². The number of carbonyl (C=O) groups excluding carboxylic acids is 1. The maximum Gasteiger partial charge on any atom is 0.415 e. The van der Waals surface area contributed by atoms with Crippen molar-refractivity contribution < 1.29 is 9.53 Å². The zero-order valence-electron chi connectivity index (χ0n) is 14.5. The van der Waals surface area contributed by atoms with Gasteiger partial charge in [-0.3, -0.25) is 9.80 Å². The minimum absolute atomic E-state index is 0.119. The largest absolute Gasteiger partial charge is 0.430 e. The molecule has 0 radical (unpaired) electrons. The molecule has 1 fully saturated rings. The Morgan fingerprint density at radius 1 is 1.21 bits per heavy atom. The molecule has 0 saturated carbocycles. The van der Waals surface area contributed by atoms with Crippen LogP contribution in [0.2, 0.25) is 0 Å². The number of carbonyl (C=O) groups is 1. The molecule has 1 aliphatic rings. The Labute approximate surface area is 143 Å². The predicted octanol–water partition coefficient (Wildman–Crippen LogP) is 4.29. The van der Waals surface area contributed by atoms with Crippen molar-refractivity contribution in [2.24, 2.45) is 0 Å². The number of anilines is 1. The molecule has 3 rings (SSSR count). The van der Waals surface area contributed by atoms with E-state index >= 15 is 0 Å². The number of ether oxygens (including phenoxy) is 1. The van der Waals surface area contributed by atoms with Crippen molar-refractivity contribution in [2.75, 3.05) is 25.5 Å². The molecule has 126 valence electrons. The first-order valence-electron chi connectivity index (χ1n) is 8.37. The van der Waals surface area contributed by atoms with E-state index in [9.17, 15) is 4.79 Å². The molecular formula is C20H24N2O2. The van der Waals surface area contributed by atoms with E-state index in [1.807, 2.05) is 37.4 Å². The fourth-order valence-electron chi connectivity index (χ4n) is 3.15. The Balaban J connectivity index is 1.85. The van der Waals surface area contributed by atoms with Crippen LogP contribution in [0.3, 0.4) is 0 Å². The van der Waals surface area contributed by atoms with Gasteiger partial charge in [-0.15, -0.1) is 0 Å². The average molecular weight is 324 g/mol. The highest BCUT2D eigenvalue weighted by molar-refractivity contribution is 5.93. The monoisotopic (exact) mass is 324 g/mol. The lowest BCUT2D eigenvalue weighted by Crippen LogP contribution is -2.36. The maximum absolute atomic E-state index is 12.6. The highest BCUT2D eigenvalue weighted by atomic mass is 16.6. The third-order valence-electron chi connectivity index (χ3n) is 4.56. The lowest BCUT2D eigenvalue weighted by Gasteiger charge is -2.25. The molecule has 0 bridgehead atoms. The Hall–Kier alpha value is -2.33. The van der Waals surface area contributed by atoms with E-state index in [1.54, 1.807) is 11.9 Å². The Bertz CT molecular complexity index is 729. The molecule has 1 amide bonds. The number of hydrogen-bond donors (Lipinski definition) is 0. The molecule has 4 nitrogen and oxygen atoms in total. The van der Waals surface area contributed by atoms with Crippen molar-refractivity contribution in [3.63, 3.8) is 0 Å². The highest BCUT2D eigenvalue weighted by Gasteiger charge is 2.27. The van der Waals surface area contributed by atoms with Crippen molar-refractivity contribution in [2.45, 2.75) is 26.0 Å². The number of amides is 1. The summed E-state index contributed by atoms with van der Waals surface area (Å²) in [6.45, 7) is 3.04. The highest BCUT2D eigenvalue weighted by Crippen LogP contribution is 2.31. The van der Waals surface area contributed by atoms with E-state index in [4.69, 9.17) is 4.74 Å². The van der Waals surface area contributed by atoms with Gasteiger partial charge in [0.1, 0.15) is 0 Å². The smallest absolute Gasteiger partial charge is 0.415 e. The second kappa shape index (κ2) is 7.05. The molecule has 0 unspecified atom stereocenters. The minimum Gasteiger partial charge on any atom is -0.430 e. The molecule has 1 atom stereocenters. The molecule has 24 heavy (non-hydrogen) atoms. The molecule has 2 aromatic rings. The van der Waals surface area contributed by atoms with Crippen LogP contribution in [0.4, 0.5) is 10.5 Å². The fourth-order valence-corrected chi connectivity index (χ4v) is 3.15. The number of nitrogens with zero attached hydrogens (tertiary/aromatic N) is 2. The Morgan fingerprint density at radius 3 is 2.71 bits per heavy atom. The van der Waals surface area contributed by atoms with Crippen molar-refractivity contribution in [3.05, 3.63) is 54.1 Å². The van der Waals surface area contributed by atoms with E-state index in [0.29, 0.717) is 0 Å². The molecule has 0 aromatic heterocycles. The van der Waals surface area contributed by atoms with Crippen LogP contribution in [-0.2, 0) is 4.74 Å².